The summed E-state index contributed by atoms with van der Waals surface area (Å²) in [6.07, 6.45) is -4.72. The summed E-state index contributed by atoms with van der Waals surface area (Å²) >= 11 is 0. The van der Waals surface area contributed by atoms with Gasteiger partial charge in [0.15, 0.2) is 6.23 Å². The van der Waals surface area contributed by atoms with Gasteiger partial charge in [0, 0.05) is 6.20 Å². The number of nitrogen functional groups attached to an aromatic ring is 1. The Morgan fingerprint density at radius 3 is 2.42 bits per heavy atom. The van der Waals surface area contributed by atoms with E-state index in [4.69, 9.17) is 29.3 Å². The van der Waals surface area contributed by atoms with Crippen molar-refractivity contribution in [3.8, 4) is 0 Å². The van der Waals surface area contributed by atoms with Crippen LogP contribution in [0.2, 0.25) is 0 Å². The molecule has 5 atom stereocenters. The highest BCUT2D eigenvalue weighted by Crippen LogP contribution is 2.61. The maximum atomic E-state index is 12.7. The molecule has 0 aromatic carbocycles. The van der Waals surface area contributed by atoms with Gasteiger partial charge in [0.2, 0.25) is 0 Å². The van der Waals surface area contributed by atoms with Crippen LogP contribution in [0.3, 0.4) is 0 Å². The predicted octanol–water partition coefficient (Wildman–Crippen LogP) is -1.60. The van der Waals surface area contributed by atoms with Crippen molar-refractivity contribution in [1.82, 2.24) is 9.55 Å². The van der Waals surface area contributed by atoms with Gasteiger partial charge in [-0.1, -0.05) is 0 Å². The molecule has 0 spiro atoms. The highest BCUT2D eigenvalue weighted by atomic mass is 31.3. The van der Waals surface area contributed by atoms with Gasteiger partial charge in [-0.25, -0.2) is 13.9 Å². The molecule has 2 heterocycles. The molecule has 1 saturated heterocycles. The summed E-state index contributed by atoms with van der Waals surface area (Å²) in [5.41, 5.74) is 4.56. The smallest absolute Gasteiger partial charge is 0.387 e. The second kappa shape index (κ2) is 9.73. The second-order valence-electron chi connectivity index (χ2n) is 7.75. The number of quaternary nitrogens is 1. The second-order valence-corrected chi connectivity index (χ2v) is 10.8. The lowest BCUT2D eigenvalue weighted by molar-refractivity contribution is -0.870. The molecule has 6 N–H and O–H groups in total. The summed E-state index contributed by atoms with van der Waals surface area (Å²) < 4.78 is 44.6. The molecule has 1 fully saturated rings. The molecule has 15 nitrogen and oxygen atoms in total. The number of phosphoric acid groups is 2. The molecule has 0 saturated carbocycles. The van der Waals surface area contributed by atoms with E-state index in [-0.39, 0.29) is 12.4 Å². The zero-order chi connectivity index (χ0) is 23.6. The molecular formula is C14H27N4O11P2+. The summed E-state index contributed by atoms with van der Waals surface area (Å²) in [7, 11) is -4.63. The number of hydrogen-bond donors (Lipinski definition) is 5. The number of nitrogens with two attached hydrogens (primary N) is 1. The number of aliphatic hydroxyl groups is 2. The lowest BCUT2D eigenvalue weighted by Gasteiger charge is -2.25. The maximum absolute atomic E-state index is 12.7. The van der Waals surface area contributed by atoms with Crippen LogP contribution < -0.4 is 11.4 Å². The van der Waals surface area contributed by atoms with Gasteiger partial charge in [-0.3, -0.25) is 13.6 Å². The Bertz CT molecular complexity index is 914. The van der Waals surface area contributed by atoms with Crippen LogP contribution in [-0.2, 0) is 27.2 Å². The van der Waals surface area contributed by atoms with E-state index in [1.807, 2.05) is 0 Å². The van der Waals surface area contributed by atoms with Crippen molar-refractivity contribution < 1.29 is 51.7 Å². The Morgan fingerprint density at radius 1 is 1.23 bits per heavy atom. The van der Waals surface area contributed by atoms with E-state index in [9.17, 15) is 24.1 Å². The lowest BCUT2D eigenvalue weighted by atomic mass is 10.1. The Labute approximate surface area is 177 Å². The molecule has 0 radical (unpaired) electrons. The van der Waals surface area contributed by atoms with Gasteiger partial charge in [0.25, 0.3) is 0 Å². The number of hydrogen-bond acceptors (Lipinski definition) is 11. The van der Waals surface area contributed by atoms with Gasteiger partial charge >= 0.3 is 21.3 Å². The normalized spacial score (nSPS) is 26.7. The summed E-state index contributed by atoms with van der Waals surface area (Å²) in [5, 5.41) is 20.4. The van der Waals surface area contributed by atoms with Gasteiger partial charge in [0.1, 0.15) is 37.3 Å². The van der Waals surface area contributed by atoms with E-state index in [0.29, 0.717) is 11.0 Å². The van der Waals surface area contributed by atoms with Gasteiger partial charge in [0.05, 0.1) is 27.7 Å². The minimum Gasteiger partial charge on any atom is -0.387 e. The van der Waals surface area contributed by atoms with Crippen molar-refractivity contribution in [2.75, 3.05) is 46.6 Å². The van der Waals surface area contributed by atoms with E-state index in [1.165, 1.54) is 12.3 Å². The van der Waals surface area contributed by atoms with Crippen LogP contribution in [-0.4, -0.2) is 93.2 Å². The number of nitrogens with zero attached hydrogens (tertiary/aromatic N) is 3. The molecular weight excluding hydrogens is 462 g/mol. The van der Waals surface area contributed by atoms with Crippen LogP contribution in [0.15, 0.2) is 17.1 Å². The van der Waals surface area contributed by atoms with Gasteiger partial charge in [-0.15, -0.1) is 0 Å². The number of rotatable bonds is 10. The fourth-order valence-corrected chi connectivity index (χ4v) is 4.65. The topological polar surface area (TPSA) is 213 Å². The van der Waals surface area contributed by atoms with Gasteiger partial charge in [-0.2, -0.15) is 9.29 Å². The predicted molar refractivity (Wildman–Crippen MR) is 104 cm³/mol. The lowest BCUT2D eigenvalue weighted by Crippen LogP contribution is -2.37. The molecule has 1 aliphatic heterocycles. The van der Waals surface area contributed by atoms with Crippen molar-refractivity contribution in [2.45, 2.75) is 24.5 Å². The molecule has 17 heteroatoms. The zero-order valence-electron chi connectivity index (χ0n) is 17.0. The van der Waals surface area contributed by atoms with Crippen LogP contribution in [0.25, 0.3) is 0 Å². The average Bonchev–Trinajstić information content (AvgIpc) is 2.86. The van der Waals surface area contributed by atoms with Crippen molar-refractivity contribution in [1.29, 1.82) is 0 Å². The molecule has 1 aliphatic rings. The average molecular weight is 489 g/mol. The number of anilines is 1. The highest BCUT2D eigenvalue weighted by molar-refractivity contribution is 7.61. The summed E-state index contributed by atoms with van der Waals surface area (Å²) in [6, 6.07) is 1.28. The third-order valence-electron chi connectivity index (χ3n) is 4.08. The van der Waals surface area contributed by atoms with E-state index in [1.54, 1.807) is 21.1 Å². The Balaban J connectivity index is 2.10. The largest absolute Gasteiger partial charge is 0.484 e. The molecule has 0 aliphatic carbocycles. The van der Waals surface area contributed by atoms with E-state index >= 15 is 0 Å². The monoisotopic (exact) mass is 489 g/mol. The van der Waals surface area contributed by atoms with E-state index < -0.39 is 52.5 Å². The number of aliphatic hydroxyl groups excluding tert-OH is 2. The van der Waals surface area contributed by atoms with Gasteiger partial charge in [-0.05, 0) is 6.07 Å². The number of ether oxygens (including phenoxy) is 1. The van der Waals surface area contributed by atoms with Crippen LogP contribution in [0.1, 0.15) is 6.23 Å². The number of phosphoric ester groups is 1. The summed E-state index contributed by atoms with van der Waals surface area (Å²) in [6.45, 7) is -0.672. The Hall–Kier alpha value is -1.22. The SMILES string of the molecule is C[N+](C)(C)CCOP(=O)(OCC1OC(n2ccc(N)nc2=O)C(O)[C@@H]1O)OP(=O)(O)O. The number of likely N-dealkylation sites (N-methyl/N-ethyl adjacent to an activating group) is 1. The van der Waals surface area contributed by atoms with Crippen LogP contribution in [0.5, 0.6) is 0 Å². The van der Waals surface area contributed by atoms with Crippen molar-refractivity contribution in [3.05, 3.63) is 22.7 Å². The van der Waals surface area contributed by atoms with Crippen LogP contribution >= 0.6 is 15.6 Å². The summed E-state index contributed by atoms with van der Waals surface area (Å²) in [5.74, 6) is -0.0595. The van der Waals surface area contributed by atoms with Crippen LogP contribution in [0, 0.1) is 0 Å². The molecule has 0 bridgehead atoms. The van der Waals surface area contributed by atoms with E-state index in [0.717, 1.165) is 4.57 Å². The molecule has 1 aromatic rings. The third-order valence-corrected chi connectivity index (χ3v) is 6.69. The van der Waals surface area contributed by atoms with Crippen molar-refractivity contribution in [3.63, 3.8) is 0 Å². The standard InChI is InChI=1S/C14H26N4O11P2/c1-18(2,3)6-7-26-31(25,29-30(22,23)24)27-8-9-11(19)12(20)13(28-9)17-5-4-10(15)16-14(17)21/h4-5,9,11-13,19-20H,6-8H2,1-3H3,(H3-,15,16,21,22,23,24)/p+1/t9?,11-,12?,13?,31?/m1/s1. The summed E-state index contributed by atoms with van der Waals surface area (Å²) in [4.78, 5) is 33.5. The molecule has 0 amide bonds. The minimum atomic E-state index is -5.26. The van der Waals surface area contributed by atoms with Crippen molar-refractivity contribution >= 4 is 21.5 Å². The first-order valence-electron chi connectivity index (χ1n) is 8.93. The minimum absolute atomic E-state index is 0.0595. The fraction of sp³-hybridized carbons (Fsp3) is 0.714. The van der Waals surface area contributed by atoms with Gasteiger partial charge < -0.3 is 35.0 Å². The number of aromatic nitrogens is 2. The van der Waals surface area contributed by atoms with Crippen molar-refractivity contribution in [2.24, 2.45) is 0 Å². The fourth-order valence-electron chi connectivity index (χ4n) is 2.52. The first-order valence-corrected chi connectivity index (χ1v) is 11.9. The van der Waals surface area contributed by atoms with E-state index in [2.05, 4.69) is 9.29 Å². The molecule has 4 unspecified atom stereocenters. The zero-order valence-corrected chi connectivity index (χ0v) is 18.8. The molecule has 178 valence electrons. The van der Waals surface area contributed by atoms with Crippen LogP contribution in [0.4, 0.5) is 5.82 Å². The Morgan fingerprint density at radius 2 is 1.87 bits per heavy atom. The highest BCUT2D eigenvalue weighted by Gasteiger charge is 2.46. The third kappa shape index (κ3) is 7.70. The first kappa shape index (κ1) is 26.0. The maximum Gasteiger partial charge on any atom is 0.484 e. The molecule has 1 aromatic heterocycles. The molecule has 31 heavy (non-hydrogen) atoms. The molecule has 2 rings (SSSR count). The Kier molecular flexibility index (Phi) is 8.17. The quantitative estimate of drug-likeness (QED) is 0.185. The first-order chi connectivity index (χ1) is 14.1.